The van der Waals surface area contributed by atoms with Crippen molar-refractivity contribution in [2.24, 2.45) is 0 Å². The molecule has 0 unspecified atom stereocenters. The predicted octanol–water partition coefficient (Wildman–Crippen LogP) is 3.18. The number of nitro benzene ring substituents is 1. The average molecular weight is 329 g/mol. The summed E-state index contributed by atoms with van der Waals surface area (Å²) < 4.78 is 5.13. The Labute approximate surface area is 131 Å². The second-order valence-electron chi connectivity index (χ2n) is 4.05. The van der Waals surface area contributed by atoms with Gasteiger partial charge < -0.3 is 4.74 Å². The lowest BCUT2D eigenvalue weighted by Gasteiger charge is -2.04. The van der Waals surface area contributed by atoms with E-state index in [-0.39, 0.29) is 24.7 Å². The Morgan fingerprint density at radius 2 is 2.05 bits per heavy atom. The standard InChI is InChI=1S/C13H12N2O4S.ClH/c1-9-12(20-8-14-9)6-7-19-13(16)10-2-4-11(5-3-10)15(17)18;/h2-5,8H,6-7H2,1H3;1H. The molecular formula is C13H13ClN2O4S. The van der Waals surface area contributed by atoms with E-state index in [9.17, 15) is 14.9 Å². The molecule has 0 aliphatic carbocycles. The maximum atomic E-state index is 11.7. The molecule has 0 fully saturated rings. The van der Waals surface area contributed by atoms with Gasteiger partial charge in [0.25, 0.3) is 5.69 Å². The molecule has 6 nitrogen and oxygen atoms in total. The fourth-order valence-corrected chi connectivity index (χ4v) is 2.37. The number of hydrogen-bond donors (Lipinski definition) is 0. The van der Waals surface area contributed by atoms with Crippen LogP contribution in [0.2, 0.25) is 0 Å². The summed E-state index contributed by atoms with van der Waals surface area (Å²) in [5.41, 5.74) is 2.95. The number of nitrogens with zero attached hydrogens (tertiary/aromatic N) is 2. The lowest BCUT2D eigenvalue weighted by Crippen LogP contribution is -2.08. The zero-order chi connectivity index (χ0) is 14.5. The van der Waals surface area contributed by atoms with Crippen molar-refractivity contribution in [2.75, 3.05) is 6.61 Å². The van der Waals surface area contributed by atoms with E-state index in [1.807, 2.05) is 6.92 Å². The predicted molar refractivity (Wildman–Crippen MR) is 81.2 cm³/mol. The van der Waals surface area contributed by atoms with Crippen molar-refractivity contribution < 1.29 is 14.5 Å². The van der Waals surface area contributed by atoms with Crippen molar-refractivity contribution in [3.8, 4) is 0 Å². The lowest BCUT2D eigenvalue weighted by molar-refractivity contribution is -0.384. The first-order valence-electron chi connectivity index (χ1n) is 5.88. The third kappa shape index (κ3) is 4.51. The first-order valence-corrected chi connectivity index (χ1v) is 6.76. The van der Waals surface area contributed by atoms with Gasteiger partial charge in [0.2, 0.25) is 0 Å². The van der Waals surface area contributed by atoms with Crippen molar-refractivity contribution in [1.82, 2.24) is 4.98 Å². The smallest absolute Gasteiger partial charge is 0.338 e. The van der Waals surface area contributed by atoms with Crippen LogP contribution in [0.1, 0.15) is 20.9 Å². The van der Waals surface area contributed by atoms with Crippen LogP contribution in [0.3, 0.4) is 0 Å². The van der Waals surface area contributed by atoms with Gasteiger partial charge in [-0.3, -0.25) is 10.1 Å². The fraction of sp³-hybridized carbons (Fsp3) is 0.231. The van der Waals surface area contributed by atoms with Crippen molar-refractivity contribution in [1.29, 1.82) is 0 Å². The maximum absolute atomic E-state index is 11.7. The molecule has 1 aromatic heterocycles. The first-order chi connectivity index (χ1) is 9.58. The molecule has 8 heteroatoms. The van der Waals surface area contributed by atoms with Crippen LogP contribution in [0.5, 0.6) is 0 Å². The highest BCUT2D eigenvalue weighted by atomic mass is 35.5. The highest BCUT2D eigenvalue weighted by Crippen LogP contribution is 2.14. The summed E-state index contributed by atoms with van der Waals surface area (Å²) in [4.78, 5) is 26.9. The number of carbonyl (C=O) groups is 1. The Morgan fingerprint density at radius 1 is 1.38 bits per heavy atom. The van der Waals surface area contributed by atoms with Crippen LogP contribution in [-0.2, 0) is 11.2 Å². The maximum Gasteiger partial charge on any atom is 0.338 e. The number of nitro groups is 1. The third-order valence-corrected chi connectivity index (χ3v) is 3.72. The summed E-state index contributed by atoms with van der Waals surface area (Å²) in [6.45, 7) is 2.17. The number of aromatic nitrogens is 1. The van der Waals surface area contributed by atoms with Crippen molar-refractivity contribution >= 4 is 35.4 Å². The zero-order valence-electron chi connectivity index (χ0n) is 11.1. The molecule has 0 bridgehead atoms. The van der Waals surface area contributed by atoms with Crippen LogP contribution in [0.15, 0.2) is 29.8 Å². The van der Waals surface area contributed by atoms with Gasteiger partial charge in [0.15, 0.2) is 0 Å². The van der Waals surface area contributed by atoms with Gasteiger partial charge in [0.1, 0.15) is 0 Å². The molecule has 2 rings (SSSR count). The number of benzene rings is 1. The van der Waals surface area contributed by atoms with Crippen molar-refractivity contribution in [3.63, 3.8) is 0 Å². The van der Waals surface area contributed by atoms with E-state index in [2.05, 4.69) is 4.98 Å². The monoisotopic (exact) mass is 328 g/mol. The minimum Gasteiger partial charge on any atom is -0.462 e. The molecule has 0 radical (unpaired) electrons. The molecule has 0 saturated carbocycles. The van der Waals surface area contributed by atoms with E-state index in [1.54, 1.807) is 5.51 Å². The van der Waals surface area contributed by atoms with Gasteiger partial charge in [-0.15, -0.1) is 23.7 Å². The topological polar surface area (TPSA) is 82.3 Å². The molecule has 0 aliphatic rings. The Bertz CT molecular complexity index is 627. The normalized spacial score (nSPS) is 9.76. The Balaban J connectivity index is 0.00000220. The summed E-state index contributed by atoms with van der Waals surface area (Å²) in [5.74, 6) is -0.484. The summed E-state index contributed by atoms with van der Waals surface area (Å²) in [7, 11) is 0. The molecule has 112 valence electrons. The molecule has 0 spiro atoms. The molecule has 0 N–H and O–H groups in total. The van der Waals surface area contributed by atoms with Crippen LogP contribution in [0, 0.1) is 17.0 Å². The highest BCUT2D eigenvalue weighted by molar-refractivity contribution is 7.09. The summed E-state index contributed by atoms with van der Waals surface area (Å²) >= 11 is 1.52. The van der Waals surface area contributed by atoms with Crippen LogP contribution in [0.25, 0.3) is 0 Å². The Hall–Kier alpha value is -1.99. The number of thiazole rings is 1. The number of halogens is 1. The van der Waals surface area contributed by atoms with Gasteiger partial charge in [-0.2, -0.15) is 0 Å². The van der Waals surface area contributed by atoms with E-state index in [4.69, 9.17) is 4.74 Å². The highest BCUT2D eigenvalue weighted by Gasteiger charge is 2.11. The van der Waals surface area contributed by atoms with E-state index in [1.165, 1.54) is 35.6 Å². The van der Waals surface area contributed by atoms with E-state index >= 15 is 0 Å². The van der Waals surface area contributed by atoms with Crippen molar-refractivity contribution in [2.45, 2.75) is 13.3 Å². The Kier molecular flexibility index (Phi) is 6.26. The van der Waals surface area contributed by atoms with Gasteiger partial charge in [-0.25, -0.2) is 9.78 Å². The number of hydrogen-bond acceptors (Lipinski definition) is 6. The van der Waals surface area contributed by atoms with Gasteiger partial charge >= 0.3 is 5.97 Å². The molecule has 0 amide bonds. The first kappa shape index (κ1) is 17.1. The van der Waals surface area contributed by atoms with Gasteiger partial charge in [0.05, 0.1) is 28.3 Å². The van der Waals surface area contributed by atoms with E-state index < -0.39 is 10.9 Å². The van der Waals surface area contributed by atoms with Gasteiger partial charge in [0, 0.05) is 23.4 Å². The molecular weight excluding hydrogens is 316 g/mol. The van der Waals surface area contributed by atoms with Crippen LogP contribution >= 0.6 is 23.7 Å². The Morgan fingerprint density at radius 3 is 2.57 bits per heavy atom. The lowest BCUT2D eigenvalue weighted by atomic mass is 10.2. The SMILES string of the molecule is Cc1ncsc1CCOC(=O)c1ccc([N+](=O)[O-])cc1.Cl. The number of ether oxygens (including phenoxy) is 1. The number of rotatable bonds is 5. The minimum atomic E-state index is -0.512. The van der Waals surface area contributed by atoms with Crippen LogP contribution in [0.4, 0.5) is 5.69 Å². The quantitative estimate of drug-likeness (QED) is 0.478. The molecule has 2 aromatic rings. The molecule has 0 atom stereocenters. The molecule has 1 aromatic carbocycles. The molecule has 1 heterocycles. The summed E-state index contributed by atoms with van der Waals surface area (Å²) in [6.07, 6.45) is 0.620. The zero-order valence-corrected chi connectivity index (χ0v) is 12.8. The van der Waals surface area contributed by atoms with Crippen LogP contribution in [-0.4, -0.2) is 22.5 Å². The van der Waals surface area contributed by atoms with Gasteiger partial charge in [-0.1, -0.05) is 0 Å². The fourth-order valence-electron chi connectivity index (χ4n) is 1.61. The number of aryl methyl sites for hydroxylation is 1. The average Bonchev–Trinajstić information content (AvgIpc) is 2.84. The minimum absolute atomic E-state index is 0. The number of non-ortho nitro benzene ring substituents is 1. The summed E-state index contributed by atoms with van der Waals surface area (Å²) in [6, 6.07) is 5.34. The largest absolute Gasteiger partial charge is 0.462 e. The van der Waals surface area contributed by atoms with Gasteiger partial charge in [-0.05, 0) is 19.1 Å². The second kappa shape index (κ2) is 7.70. The molecule has 0 saturated heterocycles. The van der Waals surface area contributed by atoms with E-state index in [0.717, 1.165) is 10.6 Å². The van der Waals surface area contributed by atoms with E-state index in [0.29, 0.717) is 12.0 Å². The second-order valence-corrected chi connectivity index (χ2v) is 4.99. The van der Waals surface area contributed by atoms with Crippen molar-refractivity contribution in [3.05, 3.63) is 56.0 Å². The number of carbonyl (C=O) groups excluding carboxylic acids is 1. The molecule has 0 aliphatic heterocycles. The molecule has 21 heavy (non-hydrogen) atoms. The summed E-state index contributed by atoms with van der Waals surface area (Å²) in [5, 5.41) is 10.5. The third-order valence-electron chi connectivity index (χ3n) is 2.72. The number of esters is 1. The van der Waals surface area contributed by atoms with Crippen LogP contribution < -0.4 is 0 Å².